The van der Waals surface area contributed by atoms with Gasteiger partial charge in [0.05, 0.1) is 11.0 Å². The highest BCUT2D eigenvalue weighted by Crippen LogP contribution is 2.11. The van der Waals surface area contributed by atoms with Crippen molar-refractivity contribution in [3.63, 3.8) is 0 Å². The molecule has 0 aliphatic heterocycles. The van der Waals surface area contributed by atoms with Crippen molar-refractivity contribution in [3.05, 3.63) is 29.8 Å². The zero-order valence-corrected chi connectivity index (χ0v) is 11.5. The number of rotatable bonds is 7. The molecule has 1 aromatic carbocycles. The Morgan fingerprint density at radius 2 is 2.17 bits per heavy atom. The van der Waals surface area contributed by atoms with Gasteiger partial charge >= 0.3 is 0 Å². The molecule has 0 saturated carbocycles. The van der Waals surface area contributed by atoms with E-state index in [0.717, 1.165) is 5.56 Å². The molecule has 1 aromatic rings. The molecule has 0 spiro atoms. The Bertz CT molecular complexity index is 474. The highest BCUT2D eigenvalue weighted by atomic mass is 32.2. The van der Waals surface area contributed by atoms with Crippen molar-refractivity contribution in [2.45, 2.75) is 31.4 Å². The fraction of sp³-hybridized carbons (Fsp3) is 0.500. The number of benzene rings is 1. The van der Waals surface area contributed by atoms with E-state index in [9.17, 15) is 8.42 Å². The molecule has 6 heteroatoms. The van der Waals surface area contributed by atoms with Crippen LogP contribution in [0.15, 0.2) is 29.2 Å². The minimum absolute atomic E-state index is 0.150. The van der Waals surface area contributed by atoms with Crippen LogP contribution in [-0.2, 0) is 21.3 Å². The molecular formula is C12H20N2O3S. The first-order valence-electron chi connectivity index (χ1n) is 5.90. The number of nitrogens with one attached hydrogen (secondary N) is 1. The van der Waals surface area contributed by atoms with Crippen molar-refractivity contribution in [2.75, 3.05) is 13.2 Å². The number of hydrogen-bond donors (Lipinski definition) is 2. The molecule has 3 N–H and O–H groups in total. The molecule has 0 heterocycles. The summed E-state index contributed by atoms with van der Waals surface area (Å²) in [5, 5.41) is 0. The van der Waals surface area contributed by atoms with Gasteiger partial charge in [-0.2, -0.15) is 0 Å². The van der Waals surface area contributed by atoms with E-state index in [4.69, 9.17) is 10.5 Å². The lowest BCUT2D eigenvalue weighted by Crippen LogP contribution is -2.32. The molecule has 0 amide bonds. The first kappa shape index (κ1) is 15.1. The highest BCUT2D eigenvalue weighted by molar-refractivity contribution is 7.89. The lowest BCUT2D eigenvalue weighted by atomic mass is 10.2. The van der Waals surface area contributed by atoms with E-state index in [1.807, 2.05) is 13.8 Å². The topological polar surface area (TPSA) is 81.4 Å². The quantitative estimate of drug-likeness (QED) is 0.771. The van der Waals surface area contributed by atoms with Gasteiger partial charge in [0.15, 0.2) is 0 Å². The van der Waals surface area contributed by atoms with Crippen molar-refractivity contribution >= 4 is 10.0 Å². The standard InChI is InChI=1S/C12H20N2O3S/c1-3-17-10(2)9-14-18(15,16)12-6-4-5-11(7-12)8-13/h4-7,10,14H,3,8-9,13H2,1-2H3. The van der Waals surface area contributed by atoms with Crippen molar-refractivity contribution < 1.29 is 13.2 Å². The molecule has 0 aliphatic rings. The van der Waals surface area contributed by atoms with Gasteiger partial charge in [0.1, 0.15) is 0 Å². The van der Waals surface area contributed by atoms with Gasteiger partial charge in [-0.3, -0.25) is 0 Å². The van der Waals surface area contributed by atoms with Crippen molar-refractivity contribution in [1.82, 2.24) is 4.72 Å². The molecule has 0 radical (unpaired) electrons. The third kappa shape index (κ3) is 4.38. The fourth-order valence-electron chi connectivity index (χ4n) is 1.49. The molecule has 1 rings (SSSR count). The average molecular weight is 272 g/mol. The fourth-order valence-corrected chi connectivity index (χ4v) is 2.68. The molecule has 1 atom stereocenters. The lowest BCUT2D eigenvalue weighted by Gasteiger charge is -2.13. The molecule has 0 aromatic heterocycles. The van der Waals surface area contributed by atoms with Gasteiger partial charge in [0.25, 0.3) is 0 Å². The van der Waals surface area contributed by atoms with Gasteiger partial charge in [-0.1, -0.05) is 12.1 Å². The Kier molecular flexibility index (Phi) is 5.74. The molecule has 0 saturated heterocycles. The predicted octanol–water partition coefficient (Wildman–Crippen LogP) is 0.849. The van der Waals surface area contributed by atoms with Gasteiger partial charge in [0, 0.05) is 19.7 Å². The van der Waals surface area contributed by atoms with Crippen LogP contribution >= 0.6 is 0 Å². The number of nitrogens with two attached hydrogens (primary N) is 1. The van der Waals surface area contributed by atoms with Crippen LogP contribution in [0.4, 0.5) is 0 Å². The summed E-state index contributed by atoms with van der Waals surface area (Å²) in [5.41, 5.74) is 6.28. The summed E-state index contributed by atoms with van der Waals surface area (Å²) in [7, 11) is -3.49. The van der Waals surface area contributed by atoms with Crippen molar-refractivity contribution in [2.24, 2.45) is 5.73 Å². The molecule has 1 unspecified atom stereocenters. The minimum Gasteiger partial charge on any atom is -0.377 e. The van der Waals surface area contributed by atoms with E-state index < -0.39 is 10.0 Å². The second-order valence-electron chi connectivity index (χ2n) is 3.97. The lowest BCUT2D eigenvalue weighted by molar-refractivity contribution is 0.0799. The summed E-state index contributed by atoms with van der Waals surface area (Å²) in [6, 6.07) is 6.60. The average Bonchev–Trinajstić information content (AvgIpc) is 2.37. The smallest absolute Gasteiger partial charge is 0.240 e. The van der Waals surface area contributed by atoms with Crippen LogP contribution in [0.2, 0.25) is 0 Å². The maximum atomic E-state index is 12.0. The van der Waals surface area contributed by atoms with Crippen LogP contribution in [0, 0.1) is 0 Å². The minimum atomic E-state index is -3.49. The zero-order valence-electron chi connectivity index (χ0n) is 10.7. The second-order valence-corrected chi connectivity index (χ2v) is 5.74. The summed E-state index contributed by atoms with van der Waals surface area (Å²) in [6.45, 7) is 4.82. The number of ether oxygens (including phenoxy) is 1. The van der Waals surface area contributed by atoms with E-state index in [2.05, 4.69) is 4.72 Å². The van der Waals surface area contributed by atoms with Crippen molar-refractivity contribution in [3.8, 4) is 0 Å². The van der Waals surface area contributed by atoms with Gasteiger partial charge in [0.2, 0.25) is 10.0 Å². The summed E-state index contributed by atoms with van der Waals surface area (Å²) in [6.07, 6.45) is -0.150. The van der Waals surface area contributed by atoms with E-state index in [0.29, 0.717) is 13.2 Å². The first-order chi connectivity index (χ1) is 8.49. The predicted molar refractivity (Wildman–Crippen MR) is 70.6 cm³/mol. The first-order valence-corrected chi connectivity index (χ1v) is 7.38. The van der Waals surface area contributed by atoms with Gasteiger partial charge in [-0.25, -0.2) is 13.1 Å². The molecule has 18 heavy (non-hydrogen) atoms. The van der Waals surface area contributed by atoms with E-state index in [-0.39, 0.29) is 17.5 Å². The van der Waals surface area contributed by atoms with Gasteiger partial charge < -0.3 is 10.5 Å². The maximum absolute atomic E-state index is 12.0. The number of hydrogen-bond acceptors (Lipinski definition) is 4. The summed E-state index contributed by atoms with van der Waals surface area (Å²) >= 11 is 0. The summed E-state index contributed by atoms with van der Waals surface area (Å²) in [4.78, 5) is 0.231. The molecule has 5 nitrogen and oxygen atoms in total. The van der Waals surface area contributed by atoms with E-state index in [1.165, 1.54) is 0 Å². The van der Waals surface area contributed by atoms with Crippen LogP contribution in [0.25, 0.3) is 0 Å². The Hall–Kier alpha value is -0.950. The van der Waals surface area contributed by atoms with Gasteiger partial charge in [-0.15, -0.1) is 0 Å². The van der Waals surface area contributed by atoms with Crippen molar-refractivity contribution in [1.29, 1.82) is 0 Å². The van der Waals surface area contributed by atoms with E-state index >= 15 is 0 Å². The van der Waals surface area contributed by atoms with Crippen LogP contribution in [0.5, 0.6) is 0 Å². The summed E-state index contributed by atoms with van der Waals surface area (Å²) in [5.74, 6) is 0. The monoisotopic (exact) mass is 272 g/mol. The highest BCUT2D eigenvalue weighted by Gasteiger charge is 2.15. The Morgan fingerprint density at radius 3 is 2.78 bits per heavy atom. The van der Waals surface area contributed by atoms with Crippen LogP contribution < -0.4 is 10.5 Å². The molecule has 0 bridgehead atoms. The molecule has 0 fully saturated rings. The molecule has 0 aliphatic carbocycles. The van der Waals surface area contributed by atoms with E-state index in [1.54, 1.807) is 24.3 Å². The van der Waals surface area contributed by atoms with Crippen LogP contribution in [-0.4, -0.2) is 27.7 Å². The second kappa shape index (κ2) is 6.84. The number of sulfonamides is 1. The molecular weight excluding hydrogens is 252 g/mol. The zero-order chi connectivity index (χ0) is 13.6. The largest absolute Gasteiger partial charge is 0.377 e. The molecule has 102 valence electrons. The summed E-state index contributed by atoms with van der Waals surface area (Å²) < 4.78 is 31.8. The van der Waals surface area contributed by atoms with Crippen LogP contribution in [0.1, 0.15) is 19.4 Å². The normalized spacial score (nSPS) is 13.5. The maximum Gasteiger partial charge on any atom is 0.240 e. The SMILES string of the molecule is CCOC(C)CNS(=O)(=O)c1cccc(CN)c1. The third-order valence-electron chi connectivity index (χ3n) is 2.46. The van der Waals surface area contributed by atoms with Crippen LogP contribution in [0.3, 0.4) is 0 Å². The Morgan fingerprint density at radius 1 is 1.44 bits per heavy atom. The Balaban J connectivity index is 2.73. The Labute approximate surface area is 108 Å². The van der Waals surface area contributed by atoms with Gasteiger partial charge in [-0.05, 0) is 31.5 Å². The third-order valence-corrected chi connectivity index (χ3v) is 3.88.